The number of ether oxygens (including phenoxy) is 1. The van der Waals surface area contributed by atoms with Crippen LogP contribution in [0.2, 0.25) is 0 Å². The molecule has 6 nitrogen and oxygen atoms in total. The molecule has 2 aliphatic heterocycles. The van der Waals surface area contributed by atoms with Crippen LogP contribution >= 0.6 is 12.4 Å². The zero-order valence-electron chi connectivity index (χ0n) is 14.8. The molecule has 0 aliphatic carbocycles. The molecule has 2 amide bonds. The average Bonchev–Trinajstić information content (AvgIpc) is 3.16. The van der Waals surface area contributed by atoms with Gasteiger partial charge in [0.1, 0.15) is 5.75 Å². The van der Waals surface area contributed by atoms with Gasteiger partial charge in [0, 0.05) is 38.3 Å². The molecule has 7 heteroatoms. The molecule has 0 saturated carbocycles. The number of halogens is 1. The first-order valence-corrected chi connectivity index (χ1v) is 8.53. The van der Waals surface area contributed by atoms with Crippen molar-refractivity contribution in [1.82, 2.24) is 15.1 Å². The Morgan fingerprint density at radius 2 is 1.84 bits per heavy atom. The van der Waals surface area contributed by atoms with Gasteiger partial charge in [-0.1, -0.05) is 6.07 Å². The lowest BCUT2D eigenvalue weighted by atomic mass is 10.1. The molecule has 1 N–H and O–H groups in total. The molecule has 1 unspecified atom stereocenters. The standard InChI is InChI=1S/C18H25N3O3.ClH/c1-13-3-4-14(11-16(13)24-2)17(22)20-7-9-21(10-8-20)18(23)15-5-6-19-12-15;/h3-4,11,15,19H,5-10,12H2,1-2H3;1H. The molecule has 2 aliphatic rings. The van der Waals surface area contributed by atoms with Crippen molar-refractivity contribution in [3.63, 3.8) is 0 Å². The number of hydrogen-bond donors (Lipinski definition) is 1. The Morgan fingerprint density at radius 1 is 1.16 bits per heavy atom. The zero-order chi connectivity index (χ0) is 17.1. The Bertz CT molecular complexity index is 624. The van der Waals surface area contributed by atoms with Crippen LogP contribution in [0.5, 0.6) is 5.75 Å². The molecular formula is C18H26ClN3O3. The van der Waals surface area contributed by atoms with Crippen molar-refractivity contribution in [2.75, 3.05) is 46.4 Å². The third-order valence-corrected chi connectivity index (χ3v) is 4.94. The second-order valence-electron chi connectivity index (χ2n) is 6.49. The van der Waals surface area contributed by atoms with Crippen molar-refractivity contribution < 1.29 is 14.3 Å². The summed E-state index contributed by atoms with van der Waals surface area (Å²) in [5.41, 5.74) is 1.65. The van der Waals surface area contributed by atoms with Gasteiger partial charge in [0.05, 0.1) is 13.0 Å². The fraction of sp³-hybridized carbons (Fsp3) is 0.556. The van der Waals surface area contributed by atoms with Crippen molar-refractivity contribution in [1.29, 1.82) is 0 Å². The lowest BCUT2D eigenvalue weighted by Gasteiger charge is -2.36. The monoisotopic (exact) mass is 367 g/mol. The van der Waals surface area contributed by atoms with Crippen LogP contribution in [-0.2, 0) is 4.79 Å². The van der Waals surface area contributed by atoms with E-state index in [9.17, 15) is 9.59 Å². The van der Waals surface area contributed by atoms with Gasteiger partial charge in [0.15, 0.2) is 0 Å². The second kappa shape index (κ2) is 8.54. The molecule has 3 rings (SSSR count). The minimum atomic E-state index is 0. The number of rotatable bonds is 3. The van der Waals surface area contributed by atoms with Crippen LogP contribution in [0.25, 0.3) is 0 Å². The predicted molar refractivity (Wildman–Crippen MR) is 98.4 cm³/mol. The third-order valence-electron chi connectivity index (χ3n) is 4.94. The van der Waals surface area contributed by atoms with Crippen molar-refractivity contribution in [2.45, 2.75) is 13.3 Å². The number of hydrogen-bond acceptors (Lipinski definition) is 4. The maximum Gasteiger partial charge on any atom is 0.254 e. The molecule has 2 heterocycles. The Balaban J connectivity index is 0.00000225. The highest BCUT2D eigenvalue weighted by Gasteiger charge is 2.30. The highest BCUT2D eigenvalue weighted by atomic mass is 35.5. The van der Waals surface area contributed by atoms with Crippen LogP contribution in [0.4, 0.5) is 0 Å². The number of piperazine rings is 1. The Morgan fingerprint density at radius 3 is 2.44 bits per heavy atom. The van der Waals surface area contributed by atoms with E-state index in [1.54, 1.807) is 13.2 Å². The predicted octanol–water partition coefficient (Wildman–Crippen LogP) is 1.32. The number of benzene rings is 1. The van der Waals surface area contributed by atoms with Crippen LogP contribution in [0.15, 0.2) is 18.2 Å². The van der Waals surface area contributed by atoms with Crippen LogP contribution < -0.4 is 10.1 Å². The summed E-state index contributed by atoms with van der Waals surface area (Å²) in [6.07, 6.45) is 0.918. The smallest absolute Gasteiger partial charge is 0.254 e. The molecule has 25 heavy (non-hydrogen) atoms. The van der Waals surface area contributed by atoms with E-state index in [0.29, 0.717) is 31.7 Å². The van der Waals surface area contributed by atoms with E-state index in [0.717, 1.165) is 30.8 Å². The van der Waals surface area contributed by atoms with E-state index in [1.807, 2.05) is 28.9 Å². The van der Waals surface area contributed by atoms with Gasteiger partial charge in [0.25, 0.3) is 5.91 Å². The molecule has 0 spiro atoms. The second-order valence-corrected chi connectivity index (χ2v) is 6.49. The maximum absolute atomic E-state index is 12.7. The van der Waals surface area contributed by atoms with Crippen molar-refractivity contribution in [2.24, 2.45) is 5.92 Å². The van der Waals surface area contributed by atoms with E-state index >= 15 is 0 Å². The van der Waals surface area contributed by atoms with Gasteiger partial charge in [-0.15, -0.1) is 12.4 Å². The zero-order valence-corrected chi connectivity index (χ0v) is 15.6. The number of nitrogens with one attached hydrogen (secondary N) is 1. The van der Waals surface area contributed by atoms with Crippen LogP contribution in [0.1, 0.15) is 22.3 Å². The minimum Gasteiger partial charge on any atom is -0.496 e. The third kappa shape index (κ3) is 4.25. The fourth-order valence-corrected chi connectivity index (χ4v) is 3.39. The summed E-state index contributed by atoms with van der Waals surface area (Å²) in [4.78, 5) is 28.8. The molecule has 1 aromatic carbocycles. The summed E-state index contributed by atoms with van der Waals surface area (Å²) in [7, 11) is 1.61. The average molecular weight is 368 g/mol. The molecule has 2 fully saturated rings. The van der Waals surface area contributed by atoms with E-state index in [1.165, 1.54) is 0 Å². The van der Waals surface area contributed by atoms with Gasteiger partial charge >= 0.3 is 0 Å². The van der Waals surface area contributed by atoms with Gasteiger partial charge in [0.2, 0.25) is 5.91 Å². The number of amides is 2. The summed E-state index contributed by atoms with van der Waals surface area (Å²) >= 11 is 0. The maximum atomic E-state index is 12.7. The Kier molecular flexibility index (Phi) is 6.67. The number of nitrogens with zero attached hydrogens (tertiary/aromatic N) is 2. The lowest BCUT2D eigenvalue weighted by molar-refractivity contribution is -0.136. The first-order chi connectivity index (χ1) is 11.6. The summed E-state index contributed by atoms with van der Waals surface area (Å²) in [5, 5.41) is 3.23. The number of methoxy groups -OCH3 is 1. The normalized spacial score (nSPS) is 20.2. The molecule has 0 aromatic heterocycles. The van der Waals surface area contributed by atoms with E-state index in [-0.39, 0.29) is 30.1 Å². The summed E-state index contributed by atoms with van der Waals surface area (Å²) in [6.45, 7) is 6.05. The number of aryl methyl sites for hydroxylation is 1. The van der Waals surface area contributed by atoms with Gasteiger partial charge in [-0.2, -0.15) is 0 Å². The molecule has 2 saturated heterocycles. The Hall–Kier alpha value is -1.79. The van der Waals surface area contributed by atoms with E-state index in [2.05, 4.69) is 5.32 Å². The summed E-state index contributed by atoms with van der Waals surface area (Å²) < 4.78 is 5.30. The molecule has 0 bridgehead atoms. The quantitative estimate of drug-likeness (QED) is 0.875. The first-order valence-electron chi connectivity index (χ1n) is 8.53. The Labute approximate surface area is 154 Å². The van der Waals surface area contributed by atoms with Gasteiger partial charge in [-0.3, -0.25) is 9.59 Å². The van der Waals surface area contributed by atoms with Crippen molar-refractivity contribution >= 4 is 24.2 Å². The SMILES string of the molecule is COc1cc(C(=O)N2CCN(C(=O)C3CCNC3)CC2)ccc1C.Cl. The lowest BCUT2D eigenvalue weighted by Crippen LogP contribution is -2.52. The number of carbonyl (C=O) groups excluding carboxylic acids is 2. The molecule has 1 aromatic rings. The fourth-order valence-electron chi connectivity index (χ4n) is 3.39. The minimum absolute atomic E-state index is 0. The van der Waals surface area contributed by atoms with Gasteiger partial charge in [-0.25, -0.2) is 0 Å². The van der Waals surface area contributed by atoms with Crippen LogP contribution in [0, 0.1) is 12.8 Å². The molecule has 1 atom stereocenters. The van der Waals surface area contributed by atoms with Crippen LogP contribution in [-0.4, -0.2) is 68.0 Å². The summed E-state index contributed by atoms with van der Waals surface area (Å²) in [5.74, 6) is 1.06. The van der Waals surface area contributed by atoms with Gasteiger partial charge in [-0.05, 0) is 37.6 Å². The summed E-state index contributed by atoms with van der Waals surface area (Å²) in [6, 6.07) is 5.53. The first kappa shape index (κ1) is 19.5. The largest absolute Gasteiger partial charge is 0.496 e. The van der Waals surface area contributed by atoms with Crippen molar-refractivity contribution in [3.05, 3.63) is 29.3 Å². The van der Waals surface area contributed by atoms with Crippen molar-refractivity contribution in [3.8, 4) is 5.75 Å². The molecule has 0 radical (unpaired) electrons. The number of carbonyl (C=O) groups is 2. The highest BCUT2D eigenvalue weighted by Crippen LogP contribution is 2.21. The molecular weight excluding hydrogens is 342 g/mol. The highest BCUT2D eigenvalue weighted by molar-refractivity contribution is 5.95. The molecule has 138 valence electrons. The van der Waals surface area contributed by atoms with Crippen LogP contribution in [0.3, 0.4) is 0 Å². The topological polar surface area (TPSA) is 61.9 Å². The van der Waals surface area contributed by atoms with E-state index in [4.69, 9.17) is 4.74 Å². The van der Waals surface area contributed by atoms with E-state index < -0.39 is 0 Å². The van der Waals surface area contributed by atoms with Gasteiger partial charge < -0.3 is 19.9 Å².